The first-order valence-corrected chi connectivity index (χ1v) is 6.91. The Morgan fingerprint density at radius 2 is 1.79 bits per heavy atom. The Morgan fingerprint density at radius 3 is 2.37 bits per heavy atom. The van der Waals surface area contributed by atoms with Crippen LogP contribution >= 0.6 is 0 Å². The van der Waals surface area contributed by atoms with Gasteiger partial charge in [0.05, 0.1) is 5.92 Å². The molecule has 5 nitrogen and oxygen atoms in total. The zero-order chi connectivity index (χ0) is 13.5. The first kappa shape index (κ1) is 12.7. The molecule has 0 aromatic heterocycles. The highest BCUT2D eigenvalue weighted by Crippen LogP contribution is 2.40. The van der Waals surface area contributed by atoms with Crippen molar-refractivity contribution in [3.8, 4) is 0 Å². The molecule has 0 atom stereocenters. The first-order chi connectivity index (χ1) is 9.13. The minimum atomic E-state index is -0.0754. The maximum atomic E-state index is 12.2. The molecule has 2 amide bonds. The molecule has 3 aliphatic rings. The van der Waals surface area contributed by atoms with Crippen molar-refractivity contribution in [3.05, 3.63) is 12.7 Å². The van der Waals surface area contributed by atoms with Crippen molar-refractivity contribution < 1.29 is 14.3 Å². The van der Waals surface area contributed by atoms with E-state index in [9.17, 15) is 9.59 Å². The number of hydrogen-bond donors (Lipinski definition) is 0. The van der Waals surface area contributed by atoms with Gasteiger partial charge in [0, 0.05) is 44.8 Å². The fourth-order valence-electron chi connectivity index (χ4n) is 3.24. The Kier molecular flexibility index (Phi) is 3.09. The van der Waals surface area contributed by atoms with E-state index in [-0.39, 0.29) is 17.7 Å². The number of carbonyl (C=O) groups excluding carboxylic acids is 2. The summed E-state index contributed by atoms with van der Waals surface area (Å²) in [6.45, 7) is 7.96. The molecule has 5 heteroatoms. The van der Waals surface area contributed by atoms with Crippen molar-refractivity contribution in [1.82, 2.24) is 9.80 Å². The molecule has 0 unspecified atom stereocenters. The molecule has 0 saturated carbocycles. The van der Waals surface area contributed by atoms with Crippen LogP contribution in [0.3, 0.4) is 0 Å². The third-order valence-electron chi connectivity index (χ3n) is 4.63. The van der Waals surface area contributed by atoms with Crippen LogP contribution < -0.4 is 0 Å². The van der Waals surface area contributed by atoms with Gasteiger partial charge in [-0.3, -0.25) is 9.59 Å². The zero-order valence-electron chi connectivity index (χ0n) is 11.1. The van der Waals surface area contributed by atoms with E-state index in [0.717, 1.165) is 39.1 Å². The predicted octanol–water partition coefficient (Wildman–Crippen LogP) is 0.270. The van der Waals surface area contributed by atoms with E-state index >= 15 is 0 Å². The second kappa shape index (κ2) is 4.63. The van der Waals surface area contributed by atoms with Gasteiger partial charge < -0.3 is 14.5 Å². The Hall–Kier alpha value is -1.36. The minimum absolute atomic E-state index is 0.00101. The van der Waals surface area contributed by atoms with Gasteiger partial charge in [-0.05, 0) is 18.9 Å². The summed E-state index contributed by atoms with van der Waals surface area (Å²) < 4.78 is 5.37. The van der Waals surface area contributed by atoms with Crippen LogP contribution in [0, 0.1) is 11.3 Å². The molecule has 3 aliphatic heterocycles. The van der Waals surface area contributed by atoms with Crippen LogP contribution in [0.15, 0.2) is 12.7 Å². The highest BCUT2D eigenvalue weighted by atomic mass is 16.5. The lowest BCUT2D eigenvalue weighted by Crippen LogP contribution is -2.65. The van der Waals surface area contributed by atoms with Crippen molar-refractivity contribution in [1.29, 1.82) is 0 Å². The lowest BCUT2D eigenvalue weighted by molar-refractivity contribution is -0.161. The lowest BCUT2D eigenvalue weighted by Gasteiger charge is -2.54. The number of likely N-dealkylation sites (tertiary alicyclic amines) is 2. The zero-order valence-corrected chi connectivity index (χ0v) is 11.1. The lowest BCUT2D eigenvalue weighted by atomic mass is 9.73. The van der Waals surface area contributed by atoms with Gasteiger partial charge in [-0.15, -0.1) is 0 Å². The minimum Gasteiger partial charge on any atom is -0.381 e. The van der Waals surface area contributed by atoms with Crippen LogP contribution in [0.5, 0.6) is 0 Å². The summed E-state index contributed by atoms with van der Waals surface area (Å²) in [6.07, 6.45) is 3.45. The normalized spacial score (nSPS) is 25.7. The van der Waals surface area contributed by atoms with Crippen molar-refractivity contribution in [2.75, 3.05) is 39.4 Å². The summed E-state index contributed by atoms with van der Waals surface area (Å²) in [5, 5.41) is 0. The van der Waals surface area contributed by atoms with E-state index in [2.05, 4.69) is 6.58 Å². The van der Waals surface area contributed by atoms with Gasteiger partial charge in [0.25, 0.3) is 0 Å². The molecular weight excluding hydrogens is 244 g/mol. The number of carbonyl (C=O) groups is 2. The molecule has 0 aromatic rings. The molecule has 0 N–H and O–H groups in total. The smallest absolute Gasteiger partial charge is 0.246 e. The molecule has 3 fully saturated rings. The molecule has 1 spiro atoms. The van der Waals surface area contributed by atoms with Crippen molar-refractivity contribution in [2.45, 2.75) is 12.8 Å². The molecule has 104 valence electrons. The number of amides is 2. The summed E-state index contributed by atoms with van der Waals surface area (Å²) in [5.74, 6) is 0.139. The maximum absolute atomic E-state index is 12.2. The van der Waals surface area contributed by atoms with Gasteiger partial charge >= 0.3 is 0 Å². The third-order valence-corrected chi connectivity index (χ3v) is 4.63. The number of rotatable bonds is 2. The van der Waals surface area contributed by atoms with Crippen LogP contribution in [0.4, 0.5) is 0 Å². The molecule has 3 saturated heterocycles. The average Bonchev–Trinajstić information content (AvgIpc) is 2.34. The Morgan fingerprint density at radius 1 is 1.16 bits per heavy atom. The Bertz CT molecular complexity index is 401. The van der Waals surface area contributed by atoms with Gasteiger partial charge in [0.15, 0.2) is 0 Å². The van der Waals surface area contributed by atoms with Gasteiger partial charge in [-0.2, -0.15) is 0 Å². The molecule has 0 radical (unpaired) electrons. The fraction of sp³-hybridized carbons (Fsp3) is 0.714. The van der Waals surface area contributed by atoms with Gasteiger partial charge in [-0.25, -0.2) is 0 Å². The third kappa shape index (κ3) is 2.16. The average molecular weight is 264 g/mol. The van der Waals surface area contributed by atoms with E-state index in [4.69, 9.17) is 4.74 Å². The molecule has 0 aliphatic carbocycles. The second-order valence-corrected chi connectivity index (χ2v) is 5.95. The molecule has 0 aromatic carbocycles. The van der Waals surface area contributed by atoms with E-state index < -0.39 is 0 Å². The number of ether oxygens (including phenoxy) is 1. The molecule has 3 heterocycles. The number of nitrogens with zero attached hydrogens (tertiary/aromatic N) is 2. The highest BCUT2D eigenvalue weighted by Gasteiger charge is 2.48. The second-order valence-electron chi connectivity index (χ2n) is 5.95. The largest absolute Gasteiger partial charge is 0.381 e. The fourth-order valence-corrected chi connectivity index (χ4v) is 3.24. The SMILES string of the molecule is C=CC(=O)N1CC(C(=O)N2CC3(CCOCC3)C2)C1. The van der Waals surface area contributed by atoms with Gasteiger partial charge in [0.2, 0.25) is 11.8 Å². The van der Waals surface area contributed by atoms with Crippen molar-refractivity contribution in [2.24, 2.45) is 11.3 Å². The van der Waals surface area contributed by atoms with Crippen LogP contribution in [0.25, 0.3) is 0 Å². The standard InChI is InChI=1S/C14H20N2O3/c1-2-12(17)15-7-11(8-15)13(18)16-9-14(10-16)3-5-19-6-4-14/h2,11H,1,3-10H2. The maximum Gasteiger partial charge on any atom is 0.246 e. The quantitative estimate of drug-likeness (QED) is 0.673. The monoisotopic (exact) mass is 264 g/mol. The predicted molar refractivity (Wildman–Crippen MR) is 69.3 cm³/mol. The van der Waals surface area contributed by atoms with Crippen molar-refractivity contribution in [3.63, 3.8) is 0 Å². The molecule has 19 heavy (non-hydrogen) atoms. The van der Waals surface area contributed by atoms with E-state index in [1.807, 2.05) is 4.90 Å². The summed E-state index contributed by atoms with van der Waals surface area (Å²) in [6, 6.07) is 0. The summed E-state index contributed by atoms with van der Waals surface area (Å²) in [4.78, 5) is 27.2. The topological polar surface area (TPSA) is 49.9 Å². The highest BCUT2D eigenvalue weighted by molar-refractivity contribution is 5.90. The van der Waals surface area contributed by atoms with Crippen LogP contribution in [-0.2, 0) is 14.3 Å². The molecule has 0 bridgehead atoms. The summed E-state index contributed by atoms with van der Waals surface area (Å²) in [5.41, 5.74) is 0.328. The summed E-state index contributed by atoms with van der Waals surface area (Å²) >= 11 is 0. The van der Waals surface area contributed by atoms with Gasteiger partial charge in [-0.1, -0.05) is 6.58 Å². The van der Waals surface area contributed by atoms with Gasteiger partial charge in [0.1, 0.15) is 0 Å². The summed E-state index contributed by atoms with van der Waals surface area (Å²) in [7, 11) is 0. The van der Waals surface area contributed by atoms with Crippen LogP contribution in [-0.4, -0.2) is 61.0 Å². The Balaban J connectivity index is 1.46. The van der Waals surface area contributed by atoms with Crippen LogP contribution in [0.2, 0.25) is 0 Å². The van der Waals surface area contributed by atoms with Crippen molar-refractivity contribution >= 4 is 11.8 Å². The molecule has 3 rings (SSSR count). The van der Waals surface area contributed by atoms with E-state index in [1.165, 1.54) is 6.08 Å². The number of hydrogen-bond acceptors (Lipinski definition) is 3. The van der Waals surface area contributed by atoms with E-state index in [1.54, 1.807) is 4.90 Å². The van der Waals surface area contributed by atoms with Crippen LogP contribution in [0.1, 0.15) is 12.8 Å². The first-order valence-electron chi connectivity index (χ1n) is 6.91. The van der Waals surface area contributed by atoms with E-state index in [0.29, 0.717) is 18.5 Å². The Labute approximate surface area is 113 Å². The molecular formula is C14H20N2O3.